The molecule has 1 aromatic carbocycles. The van der Waals surface area contributed by atoms with Gasteiger partial charge in [-0.3, -0.25) is 9.59 Å². The second-order valence-electron chi connectivity index (χ2n) is 7.42. The van der Waals surface area contributed by atoms with Crippen LogP contribution in [-0.4, -0.2) is 59.0 Å². The monoisotopic (exact) mass is 440 g/mol. The Morgan fingerprint density at radius 1 is 1.34 bits per heavy atom. The topological polar surface area (TPSA) is 159 Å². The lowest BCUT2D eigenvalue weighted by molar-refractivity contribution is -0.152. The lowest BCUT2D eigenvalue weighted by Crippen LogP contribution is -2.48. The van der Waals surface area contributed by atoms with Crippen molar-refractivity contribution in [3.63, 3.8) is 0 Å². The smallest absolute Gasteiger partial charge is 0.372 e. The number of hydrogen-bond acceptors (Lipinski definition) is 7. The number of hydrogen-bond donors (Lipinski definition) is 3. The largest absolute Gasteiger partial charge is 0.461 e. The maximum absolute atomic E-state index is 12.9. The van der Waals surface area contributed by atoms with E-state index in [4.69, 9.17) is 20.3 Å². The van der Waals surface area contributed by atoms with E-state index >= 15 is 0 Å². The minimum Gasteiger partial charge on any atom is -0.461 e. The first-order chi connectivity index (χ1) is 15.3. The van der Waals surface area contributed by atoms with E-state index in [0.717, 1.165) is 22.7 Å². The van der Waals surface area contributed by atoms with Crippen LogP contribution in [0, 0.1) is 16.9 Å². The Kier molecular flexibility index (Phi) is 8.83. The Balaban J connectivity index is 2.14. The van der Waals surface area contributed by atoms with E-state index in [1.54, 1.807) is 38.2 Å². The maximum Gasteiger partial charge on any atom is 0.372 e. The molecule has 32 heavy (non-hydrogen) atoms. The highest BCUT2D eigenvalue weighted by Gasteiger charge is 2.28. The molecule has 168 valence electrons. The highest BCUT2D eigenvalue weighted by Crippen LogP contribution is 2.21. The van der Waals surface area contributed by atoms with Crippen molar-refractivity contribution in [3.05, 3.63) is 35.5 Å². The Labute approximate surface area is 185 Å². The highest BCUT2D eigenvalue weighted by atomic mass is 16.5. The molecule has 0 spiro atoms. The molecule has 0 fully saturated rings. The molecule has 0 saturated heterocycles. The van der Waals surface area contributed by atoms with Gasteiger partial charge in [-0.1, -0.05) is 6.07 Å². The van der Waals surface area contributed by atoms with Crippen molar-refractivity contribution in [1.82, 2.24) is 10.3 Å². The van der Waals surface area contributed by atoms with Crippen molar-refractivity contribution in [2.75, 3.05) is 7.11 Å². The number of aromatic nitrogens is 1. The first-order valence-electron chi connectivity index (χ1n) is 10.0. The van der Waals surface area contributed by atoms with Gasteiger partial charge in [-0.25, -0.2) is 4.79 Å². The molecule has 2 aromatic rings. The number of esters is 1. The molecule has 10 heteroatoms. The number of methoxy groups -OCH3 is 1. The number of ether oxygens (including phenoxy) is 2. The number of ketones is 1. The fourth-order valence-corrected chi connectivity index (χ4v) is 3.16. The van der Waals surface area contributed by atoms with Gasteiger partial charge in [0.05, 0.1) is 28.1 Å². The fourth-order valence-electron chi connectivity index (χ4n) is 3.16. The maximum atomic E-state index is 12.9. The Morgan fingerprint density at radius 2 is 2.09 bits per heavy atom. The number of nitrogens with one attached hydrogen (secondary N) is 3. The van der Waals surface area contributed by atoms with Crippen molar-refractivity contribution < 1.29 is 28.6 Å². The molecule has 0 aliphatic carbocycles. The SMILES string of the molecule is CO[C@@H](Cc1c[nH]c2cc(C#N)ccc12)C(=O)N[C@@H](CCC(=O)C=[N+]=N)C(=O)OC(C)C. The second-order valence-corrected chi connectivity index (χ2v) is 7.42. The molecule has 0 bridgehead atoms. The minimum absolute atomic E-state index is 0.00258. The van der Waals surface area contributed by atoms with Crippen molar-refractivity contribution in [2.45, 2.75) is 51.4 Å². The summed E-state index contributed by atoms with van der Waals surface area (Å²) in [5, 5.41) is 12.5. The van der Waals surface area contributed by atoms with Crippen molar-refractivity contribution in [2.24, 2.45) is 0 Å². The normalized spacial score (nSPS) is 12.5. The number of carbonyl (C=O) groups excluding carboxylic acids is 3. The summed E-state index contributed by atoms with van der Waals surface area (Å²) in [4.78, 5) is 43.0. The highest BCUT2D eigenvalue weighted by molar-refractivity contribution is 6.25. The zero-order chi connectivity index (χ0) is 23.7. The van der Waals surface area contributed by atoms with Crippen LogP contribution in [0.15, 0.2) is 24.4 Å². The van der Waals surface area contributed by atoms with Crippen LogP contribution < -0.4 is 5.32 Å². The van der Waals surface area contributed by atoms with Crippen LogP contribution in [0.1, 0.15) is 37.8 Å². The first kappa shape index (κ1) is 24.5. The average molecular weight is 440 g/mol. The molecular weight excluding hydrogens is 414 g/mol. The summed E-state index contributed by atoms with van der Waals surface area (Å²) in [6.45, 7) is 3.36. The van der Waals surface area contributed by atoms with E-state index in [9.17, 15) is 14.4 Å². The van der Waals surface area contributed by atoms with Gasteiger partial charge < -0.3 is 19.8 Å². The summed E-state index contributed by atoms with van der Waals surface area (Å²) in [7, 11) is 1.39. The minimum atomic E-state index is -1.05. The number of amides is 1. The fraction of sp³-hybridized carbons (Fsp3) is 0.409. The second kappa shape index (κ2) is 11.6. The van der Waals surface area contributed by atoms with Crippen LogP contribution in [0.2, 0.25) is 0 Å². The number of carbonyl (C=O) groups is 3. The van der Waals surface area contributed by atoms with Gasteiger partial charge in [-0.2, -0.15) is 5.26 Å². The Hall–Kier alpha value is -3.80. The van der Waals surface area contributed by atoms with E-state index in [1.807, 2.05) is 0 Å². The molecule has 2 rings (SSSR count). The average Bonchev–Trinajstić information content (AvgIpc) is 3.16. The van der Waals surface area contributed by atoms with E-state index < -0.39 is 35.9 Å². The van der Waals surface area contributed by atoms with Gasteiger partial charge >= 0.3 is 12.2 Å². The van der Waals surface area contributed by atoms with Gasteiger partial charge in [-0.05, 0) is 38.0 Å². The lowest BCUT2D eigenvalue weighted by atomic mass is 10.0. The number of nitrogens with zero attached hydrogens (tertiary/aromatic N) is 2. The van der Waals surface area contributed by atoms with Gasteiger partial charge in [-0.15, -0.1) is 0 Å². The molecule has 10 nitrogen and oxygen atoms in total. The zero-order valence-electron chi connectivity index (χ0n) is 18.2. The summed E-state index contributed by atoms with van der Waals surface area (Å²) in [5.41, 5.74) is 8.81. The van der Waals surface area contributed by atoms with E-state index in [-0.39, 0.29) is 19.3 Å². The molecule has 1 heterocycles. The molecule has 0 unspecified atom stereocenters. The van der Waals surface area contributed by atoms with E-state index in [1.165, 1.54) is 7.11 Å². The van der Waals surface area contributed by atoms with E-state index in [2.05, 4.69) is 21.2 Å². The summed E-state index contributed by atoms with van der Waals surface area (Å²) >= 11 is 0. The summed E-state index contributed by atoms with van der Waals surface area (Å²) < 4.78 is 10.6. The van der Waals surface area contributed by atoms with Gasteiger partial charge in [0.25, 0.3) is 0 Å². The number of Topliss-reactive ketones (excluding diaryl/α,β-unsaturated/α-hetero) is 1. The van der Waals surface area contributed by atoms with Gasteiger partial charge in [0.2, 0.25) is 11.7 Å². The van der Waals surface area contributed by atoms with Gasteiger partial charge in [0.1, 0.15) is 12.1 Å². The van der Waals surface area contributed by atoms with Crippen LogP contribution in [0.3, 0.4) is 0 Å². The van der Waals surface area contributed by atoms with Crippen LogP contribution in [0.4, 0.5) is 0 Å². The predicted octanol–water partition coefficient (Wildman–Crippen LogP) is 1.69. The zero-order valence-corrected chi connectivity index (χ0v) is 18.2. The molecule has 0 aliphatic rings. The quantitative estimate of drug-likeness (QED) is 0.209. The number of benzene rings is 1. The molecule has 2 atom stereocenters. The summed E-state index contributed by atoms with van der Waals surface area (Å²) in [5.74, 6) is -1.62. The summed E-state index contributed by atoms with van der Waals surface area (Å²) in [6.07, 6.45) is 1.45. The van der Waals surface area contributed by atoms with Crippen molar-refractivity contribution >= 4 is 34.8 Å². The number of H-pyrrole nitrogens is 1. The van der Waals surface area contributed by atoms with Crippen LogP contribution in [-0.2, 0) is 30.3 Å². The number of rotatable bonds is 11. The third-order valence-corrected chi connectivity index (χ3v) is 4.72. The molecule has 0 aliphatic heterocycles. The first-order valence-corrected chi connectivity index (χ1v) is 10.0. The third-order valence-electron chi connectivity index (χ3n) is 4.72. The summed E-state index contributed by atoms with van der Waals surface area (Å²) in [6, 6.07) is 6.23. The number of fused-ring (bicyclic) bond motifs is 1. The molecule has 1 amide bonds. The molecule has 3 N–H and O–H groups in total. The lowest BCUT2D eigenvalue weighted by Gasteiger charge is -2.21. The van der Waals surface area contributed by atoms with Crippen molar-refractivity contribution in [1.29, 1.82) is 10.8 Å². The molecule has 0 saturated carbocycles. The Bertz CT molecular complexity index is 1080. The standard InChI is InChI=1S/C22H25N5O5/c1-13(2)32-22(30)18(7-5-16(28)12-26-24)27-21(29)20(31-3)9-15-11-25-19-8-14(10-23)4-6-17(15)19/h4,6,8,11-13,18,20,24-25H,5,7,9H2,1-3H3/p+1/t18-,20-/m0/s1. The van der Waals surface area contributed by atoms with Crippen molar-refractivity contribution in [3.8, 4) is 6.07 Å². The molecule has 1 aromatic heterocycles. The van der Waals surface area contributed by atoms with Crippen LogP contribution in [0.5, 0.6) is 0 Å². The van der Waals surface area contributed by atoms with Crippen LogP contribution >= 0.6 is 0 Å². The molecule has 0 radical (unpaired) electrons. The van der Waals surface area contributed by atoms with Crippen LogP contribution in [0.25, 0.3) is 10.9 Å². The number of aromatic amines is 1. The number of nitriles is 1. The van der Waals surface area contributed by atoms with E-state index in [0.29, 0.717) is 5.56 Å². The molecular formula is C22H26N5O5+. The predicted molar refractivity (Wildman–Crippen MR) is 114 cm³/mol. The van der Waals surface area contributed by atoms with Gasteiger partial charge in [0, 0.05) is 37.1 Å². The Morgan fingerprint density at radius 3 is 2.72 bits per heavy atom. The van der Waals surface area contributed by atoms with Gasteiger partial charge in [0.15, 0.2) is 0 Å². The third kappa shape index (κ3) is 6.60.